The Balaban J connectivity index is 2.75. The van der Waals surface area contributed by atoms with Crippen molar-refractivity contribution in [2.24, 2.45) is 5.16 Å². The van der Waals surface area contributed by atoms with Crippen LogP contribution in [0.3, 0.4) is 0 Å². The summed E-state index contributed by atoms with van der Waals surface area (Å²) in [6.45, 7) is 0.150. The zero-order valence-corrected chi connectivity index (χ0v) is 8.79. The molecule has 0 aromatic heterocycles. The first-order valence-electron chi connectivity index (χ1n) is 4.73. The van der Waals surface area contributed by atoms with Gasteiger partial charge in [-0.2, -0.15) is 13.2 Å². The van der Waals surface area contributed by atoms with Crippen LogP contribution in [0.15, 0.2) is 29.4 Å². The smallest absolute Gasteiger partial charge is 0.394 e. The van der Waals surface area contributed by atoms with Crippen LogP contribution in [0.1, 0.15) is 17.5 Å². The first-order valence-corrected chi connectivity index (χ1v) is 4.73. The monoisotopic (exact) mass is 240 g/mol. The van der Waals surface area contributed by atoms with Gasteiger partial charge in [0.25, 0.3) is 0 Å². The fourth-order valence-electron chi connectivity index (χ4n) is 1.06. The van der Waals surface area contributed by atoms with Gasteiger partial charge in [-0.3, -0.25) is 0 Å². The van der Waals surface area contributed by atoms with Gasteiger partial charge >= 0.3 is 6.18 Å². The molecule has 0 fully saturated rings. The Morgan fingerprint density at radius 1 is 1.29 bits per heavy atom. The van der Waals surface area contributed by atoms with Crippen molar-refractivity contribution in [3.63, 3.8) is 0 Å². The van der Waals surface area contributed by atoms with E-state index in [9.17, 15) is 13.2 Å². The molecule has 0 aliphatic heterocycles. The lowest BCUT2D eigenvalue weighted by atomic mass is 10.1. The van der Waals surface area contributed by atoms with E-state index in [4.69, 9.17) is 6.42 Å². The van der Waals surface area contributed by atoms with Crippen molar-refractivity contribution in [1.29, 1.82) is 0 Å². The van der Waals surface area contributed by atoms with E-state index in [1.807, 2.05) is 0 Å². The van der Waals surface area contributed by atoms with E-state index in [2.05, 4.69) is 22.1 Å². The van der Waals surface area contributed by atoms with Crippen LogP contribution in [0.5, 0.6) is 0 Å². The van der Waals surface area contributed by atoms with Crippen LogP contribution in [-0.4, -0.2) is 12.8 Å². The summed E-state index contributed by atoms with van der Waals surface area (Å²) in [5.41, 5.74) is -0.968. The molecule has 5 heteroatoms. The predicted molar refractivity (Wildman–Crippen MR) is 57.4 cm³/mol. The highest BCUT2D eigenvalue weighted by atomic mass is 19.4. The lowest BCUT2D eigenvalue weighted by molar-refractivity contribution is -0.137. The van der Waals surface area contributed by atoms with E-state index < -0.39 is 11.7 Å². The summed E-state index contributed by atoms with van der Waals surface area (Å²) in [6, 6.07) is 4.98. The summed E-state index contributed by atoms with van der Waals surface area (Å²) >= 11 is 0. The van der Waals surface area contributed by atoms with Crippen LogP contribution in [-0.2, 0) is 11.0 Å². The highest BCUT2D eigenvalue weighted by Gasteiger charge is 2.32. The average Bonchev–Trinajstić information content (AvgIpc) is 2.28. The van der Waals surface area contributed by atoms with E-state index in [1.54, 1.807) is 0 Å². The van der Waals surface area contributed by atoms with Crippen LogP contribution in [0, 0.1) is 12.3 Å². The third kappa shape index (κ3) is 4.19. The zero-order chi connectivity index (χ0) is 12.7. The van der Waals surface area contributed by atoms with Crippen molar-refractivity contribution >= 4 is 6.21 Å². The third-order valence-electron chi connectivity index (χ3n) is 1.80. The van der Waals surface area contributed by atoms with Crippen molar-refractivity contribution in [2.45, 2.75) is 12.6 Å². The van der Waals surface area contributed by atoms with Gasteiger partial charge in [-0.05, 0) is 6.07 Å². The van der Waals surface area contributed by atoms with Gasteiger partial charge in [0.2, 0.25) is 0 Å². The number of halogens is 3. The van der Waals surface area contributed by atoms with Gasteiger partial charge in [-0.15, -0.1) is 12.3 Å². The molecule has 1 rings (SSSR count). The second kappa shape index (κ2) is 5.94. The SMILES string of the molecule is C#CCCON=[C]c1ccccc1C(F)(F)F. The van der Waals surface area contributed by atoms with E-state index in [0.717, 1.165) is 6.07 Å². The molecule has 0 heterocycles. The lowest BCUT2D eigenvalue weighted by Gasteiger charge is -2.08. The highest BCUT2D eigenvalue weighted by Crippen LogP contribution is 2.31. The molecule has 0 saturated carbocycles. The first-order chi connectivity index (χ1) is 8.05. The molecule has 0 saturated heterocycles. The Labute approximate surface area is 97.1 Å². The largest absolute Gasteiger partial charge is 0.417 e. The molecule has 0 bridgehead atoms. The summed E-state index contributed by atoms with van der Waals surface area (Å²) in [6.07, 6.45) is 3.06. The number of hydrogen-bond acceptors (Lipinski definition) is 2. The molecule has 0 N–H and O–H groups in total. The van der Waals surface area contributed by atoms with Crippen molar-refractivity contribution in [3.05, 3.63) is 35.4 Å². The maximum absolute atomic E-state index is 12.5. The van der Waals surface area contributed by atoms with Crippen LogP contribution < -0.4 is 0 Å². The van der Waals surface area contributed by atoms with E-state index in [1.165, 1.54) is 18.2 Å². The normalized spacial score (nSPS) is 11.4. The van der Waals surface area contributed by atoms with Crippen LogP contribution >= 0.6 is 0 Å². The molecule has 89 valence electrons. The van der Waals surface area contributed by atoms with Gasteiger partial charge in [-0.1, -0.05) is 23.4 Å². The Bertz CT molecular complexity index is 432. The lowest BCUT2D eigenvalue weighted by Crippen LogP contribution is -2.08. The molecule has 1 aromatic rings. The van der Waals surface area contributed by atoms with Crippen LogP contribution in [0.4, 0.5) is 13.2 Å². The standard InChI is InChI=1S/C12H9F3NO/c1-2-3-8-17-16-9-10-6-4-5-7-11(10)12(13,14)15/h1,4-7H,3,8H2. The summed E-state index contributed by atoms with van der Waals surface area (Å²) in [5.74, 6) is 2.31. The maximum atomic E-state index is 12.5. The van der Waals surface area contributed by atoms with Crippen molar-refractivity contribution in [3.8, 4) is 12.3 Å². The number of hydrogen-bond donors (Lipinski definition) is 0. The third-order valence-corrected chi connectivity index (χ3v) is 1.80. The van der Waals surface area contributed by atoms with Gasteiger partial charge < -0.3 is 4.84 Å². The van der Waals surface area contributed by atoms with E-state index >= 15 is 0 Å². The minimum atomic E-state index is -4.43. The number of terminal acetylenes is 1. The van der Waals surface area contributed by atoms with E-state index in [0.29, 0.717) is 6.42 Å². The molecular weight excluding hydrogens is 231 g/mol. The van der Waals surface area contributed by atoms with Gasteiger partial charge in [0.15, 0.2) is 0 Å². The first kappa shape index (κ1) is 13.1. The summed E-state index contributed by atoms with van der Waals surface area (Å²) < 4.78 is 37.6. The van der Waals surface area contributed by atoms with Crippen molar-refractivity contribution in [2.75, 3.05) is 6.61 Å². The maximum Gasteiger partial charge on any atom is 0.417 e. The molecule has 0 atom stereocenters. The topological polar surface area (TPSA) is 21.6 Å². The molecule has 17 heavy (non-hydrogen) atoms. The van der Waals surface area contributed by atoms with Gasteiger partial charge in [0.1, 0.15) is 12.8 Å². The highest BCUT2D eigenvalue weighted by molar-refractivity contribution is 5.81. The summed E-state index contributed by atoms with van der Waals surface area (Å²) in [4.78, 5) is 4.65. The number of rotatable bonds is 4. The molecule has 0 aliphatic rings. The molecular formula is C12H9F3NO. The van der Waals surface area contributed by atoms with Crippen LogP contribution in [0.25, 0.3) is 0 Å². The van der Waals surface area contributed by atoms with Gasteiger partial charge in [0, 0.05) is 12.0 Å². The Morgan fingerprint density at radius 3 is 2.65 bits per heavy atom. The average molecular weight is 240 g/mol. The quantitative estimate of drug-likeness (QED) is 0.343. The number of alkyl halides is 3. The van der Waals surface area contributed by atoms with E-state index in [-0.39, 0.29) is 12.2 Å². The molecule has 0 spiro atoms. The molecule has 1 aromatic carbocycles. The molecule has 0 unspecified atom stereocenters. The minimum absolute atomic E-state index is 0.150. The molecule has 0 amide bonds. The van der Waals surface area contributed by atoms with Crippen molar-refractivity contribution in [1.82, 2.24) is 0 Å². The summed E-state index contributed by atoms with van der Waals surface area (Å²) in [5, 5.41) is 3.31. The second-order valence-corrected chi connectivity index (χ2v) is 3.03. The Hall–Kier alpha value is -1.96. The fraction of sp³-hybridized carbons (Fsp3) is 0.250. The Morgan fingerprint density at radius 2 is 2.00 bits per heavy atom. The van der Waals surface area contributed by atoms with Gasteiger partial charge in [0.05, 0.1) is 5.56 Å². The van der Waals surface area contributed by atoms with Crippen molar-refractivity contribution < 1.29 is 18.0 Å². The van der Waals surface area contributed by atoms with Crippen LogP contribution in [0.2, 0.25) is 0 Å². The number of benzene rings is 1. The fourth-order valence-corrected chi connectivity index (χ4v) is 1.06. The minimum Gasteiger partial charge on any atom is -0.394 e. The molecule has 2 nitrogen and oxygen atoms in total. The zero-order valence-electron chi connectivity index (χ0n) is 8.79. The van der Waals surface area contributed by atoms with Gasteiger partial charge in [-0.25, -0.2) is 0 Å². The second-order valence-electron chi connectivity index (χ2n) is 3.03. The molecule has 0 aliphatic carbocycles. The number of nitrogens with zero attached hydrogens (tertiary/aromatic N) is 1. The summed E-state index contributed by atoms with van der Waals surface area (Å²) in [7, 11) is 0. The Kier molecular flexibility index (Phi) is 4.58. The molecule has 1 radical (unpaired) electrons. The predicted octanol–water partition coefficient (Wildman–Crippen LogP) is 2.96.